The summed E-state index contributed by atoms with van der Waals surface area (Å²) in [6.07, 6.45) is 0. The lowest BCUT2D eigenvalue weighted by Crippen LogP contribution is -2.40. The Hall–Kier alpha value is -3.52. The first-order valence-corrected chi connectivity index (χ1v) is 11.4. The van der Waals surface area contributed by atoms with E-state index in [9.17, 15) is 13.2 Å². The van der Waals surface area contributed by atoms with Gasteiger partial charge in [-0.15, -0.1) is 0 Å². The topological polar surface area (TPSA) is 84.9 Å². The van der Waals surface area contributed by atoms with Crippen LogP contribution < -0.4 is 19.1 Å². The third kappa shape index (κ3) is 5.59. The fourth-order valence-corrected chi connectivity index (χ4v) is 4.45. The summed E-state index contributed by atoms with van der Waals surface area (Å²) in [4.78, 5) is 12.8. The predicted octanol–water partition coefficient (Wildman–Crippen LogP) is 3.52. The van der Waals surface area contributed by atoms with Crippen LogP contribution in [0.3, 0.4) is 0 Å². The van der Waals surface area contributed by atoms with Gasteiger partial charge in [0.2, 0.25) is 5.91 Å². The molecule has 0 saturated carbocycles. The van der Waals surface area contributed by atoms with E-state index in [1.807, 2.05) is 19.1 Å². The highest BCUT2D eigenvalue weighted by atomic mass is 32.2. The normalized spacial score (nSPS) is 11.0. The summed E-state index contributed by atoms with van der Waals surface area (Å²) in [7, 11) is -0.850. The molecular weight excluding hydrogens is 428 g/mol. The number of ether oxygens (including phenoxy) is 2. The summed E-state index contributed by atoms with van der Waals surface area (Å²) < 4.78 is 38.1. The van der Waals surface area contributed by atoms with Gasteiger partial charge in [0, 0.05) is 6.54 Å². The number of hydrogen-bond acceptors (Lipinski definition) is 5. The van der Waals surface area contributed by atoms with Crippen LogP contribution in [0.5, 0.6) is 11.5 Å². The number of aryl methyl sites for hydroxylation is 1. The maximum absolute atomic E-state index is 13.4. The average Bonchev–Trinajstić information content (AvgIpc) is 2.82. The molecule has 3 aromatic rings. The van der Waals surface area contributed by atoms with E-state index in [0.717, 1.165) is 21.2 Å². The number of nitrogens with one attached hydrogen (secondary N) is 1. The molecule has 0 spiro atoms. The van der Waals surface area contributed by atoms with E-state index in [1.165, 1.54) is 19.2 Å². The Morgan fingerprint density at radius 1 is 0.844 bits per heavy atom. The summed E-state index contributed by atoms with van der Waals surface area (Å²) in [5.74, 6) is 0.882. The molecule has 1 amide bonds. The minimum atomic E-state index is -3.96. The molecule has 0 atom stereocenters. The molecule has 0 fully saturated rings. The van der Waals surface area contributed by atoms with Gasteiger partial charge in [-0.2, -0.15) is 0 Å². The molecule has 0 radical (unpaired) electrons. The quantitative estimate of drug-likeness (QED) is 0.535. The van der Waals surface area contributed by atoms with E-state index >= 15 is 0 Å². The fourth-order valence-electron chi connectivity index (χ4n) is 3.03. The van der Waals surface area contributed by atoms with Crippen molar-refractivity contribution < 1.29 is 22.7 Å². The maximum Gasteiger partial charge on any atom is 0.264 e. The standard InChI is InChI=1S/C24H26N2O5S/c1-18-4-14-23(15-5-18)32(28,29)26(20-8-12-22(31-3)13-9-20)17-24(27)25-16-19-6-10-21(30-2)11-7-19/h4-15H,16-17H2,1-3H3,(H,25,27). The monoisotopic (exact) mass is 454 g/mol. The van der Waals surface area contributed by atoms with Gasteiger partial charge in [-0.05, 0) is 61.0 Å². The molecule has 7 nitrogen and oxygen atoms in total. The molecule has 0 bridgehead atoms. The molecule has 0 heterocycles. The van der Waals surface area contributed by atoms with Crippen molar-refractivity contribution in [2.24, 2.45) is 0 Å². The van der Waals surface area contributed by atoms with E-state index in [2.05, 4.69) is 5.32 Å². The van der Waals surface area contributed by atoms with E-state index < -0.39 is 15.9 Å². The minimum Gasteiger partial charge on any atom is -0.497 e. The van der Waals surface area contributed by atoms with E-state index in [-0.39, 0.29) is 18.0 Å². The van der Waals surface area contributed by atoms with Gasteiger partial charge in [0.25, 0.3) is 10.0 Å². The molecule has 0 aliphatic carbocycles. The predicted molar refractivity (Wildman–Crippen MR) is 124 cm³/mol. The van der Waals surface area contributed by atoms with Gasteiger partial charge < -0.3 is 14.8 Å². The van der Waals surface area contributed by atoms with E-state index in [1.54, 1.807) is 55.6 Å². The molecule has 0 aromatic heterocycles. The summed E-state index contributed by atoms with van der Waals surface area (Å²) in [5.41, 5.74) is 2.18. The molecule has 3 rings (SSSR count). The van der Waals surface area contributed by atoms with Crippen LogP contribution in [0.2, 0.25) is 0 Å². The lowest BCUT2D eigenvalue weighted by atomic mass is 10.2. The Balaban J connectivity index is 1.82. The van der Waals surface area contributed by atoms with Crippen LogP contribution in [-0.4, -0.2) is 35.1 Å². The Bertz CT molecular complexity index is 1140. The van der Waals surface area contributed by atoms with Crippen molar-refractivity contribution >= 4 is 21.6 Å². The highest BCUT2D eigenvalue weighted by Crippen LogP contribution is 2.26. The lowest BCUT2D eigenvalue weighted by Gasteiger charge is -2.24. The molecule has 3 aromatic carbocycles. The molecule has 0 saturated heterocycles. The van der Waals surface area contributed by atoms with E-state index in [4.69, 9.17) is 9.47 Å². The number of benzene rings is 3. The maximum atomic E-state index is 13.4. The van der Waals surface area contributed by atoms with Gasteiger partial charge in [0.15, 0.2) is 0 Å². The highest BCUT2D eigenvalue weighted by Gasteiger charge is 2.27. The SMILES string of the molecule is COc1ccc(CNC(=O)CN(c2ccc(OC)cc2)S(=O)(=O)c2ccc(C)cc2)cc1. The van der Waals surface area contributed by atoms with Crippen LogP contribution in [0.1, 0.15) is 11.1 Å². The Morgan fingerprint density at radius 3 is 1.91 bits per heavy atom. The Morgan fingerprint density at radius 2 is 1.38 bits per heavy atom. The zero-order valence-corrected chi connectivity index (χ0v) is 19.1. The van der Waals surface area contributed by atoms with Gasteiger partial charge in [0.1, 0.15) is 18.0 Å². The molecule has 8 heteroatoms. The average molecular weight is 455 g/mol. The fraction of sp³-hybridized carbons (Fsp3) is 0.208. The Kier molecular flexibility index (Phi) is 7.37. The van der Waals surface area contributed by atoms with Crippen LogP contribution in [0.4, 0.5) is 5.69 Å². The van der Waals surface area contributed by atoms with E-state index in [0.29, 0.717) is 11.4 Å². The summed E-state index contributed by atoms with van der Waals surface area (Å²) in [5, 5.41) is 2.78. The van der Waals surface area contributed by atoms with Gasteiger partial charge in [0.05, 0.1) is 24.8 Å². The van der Waals surface area contributed by atoms with Crippen LogP contribution in [0, 0.1) is 6.92 Å². The third-order valence-electron chi connectivity index (χ3n) is 4.91. The number of carbonyl (C=O) groups excluding carboxylic acids is 1. The number of anilines is 1. The third-order valence-corrected chi connectivity index (χ3v) is 6.69. The van der Waals surface area contributed by atoms with Crippen molar-refractivity contribution in [2.75, 3.05) is 25.1 Å². The molecule has 0 aliphatic rings. The minimum absolute atomic E-state index is 0.113. The molecule has 32 heavy (non-hydrogen) atoms. The van der Waals surface area contributed by atoms with Crippen molar-refractivity contribution in [2.45, 2.75) is 18.4 Å². The summed E-state index contributed by atoms with van der Waals surface area (Å²) in [6.45, 7) is 1.78. The first kappa shape index (κ1) is 23.1. The van der Waals surface area contributed by atoms with Crippen molar-refractivity contribution in [3.8, 4) is 11.5 Å². The van der Waals surface area contributed by atoms with Gasteiger partial charge in [-0.3, -0.25) is 9.10 Å². The first-order chi connectivity index (χ1) is 15.3. The van der Waals surface area contributed by atoms with Crippen LogP contribution >= 0.6 is 0 Å². The largest absolute Gasteiger partial charge is 0.497 e. The van der Waals surface area contributed by atoms with Gasteiger partial charge in [-0.25, -0.2) is 8.42 Å². The second-order valence-electron chi connectivity index (χ2n) is 7.15. The summed E-state index contributed by atoms with van der Waals surface area (Å²) in [6, 6.07) is 20.3. The van der Waals surface area contributed by atoms with Gasteiger partial charge >= 0.3 is 0 Å². The number of sulfonamides is 1. The molecule has 168 valence electrons. The van der Waals surface area contributed by atoms with Crippen LogP contribution in [-0.2, 0) is 21.4 Å². The van der Waals surface area contributed by atoms with Crippen molar-refractivity contribution in [1.82, 2.24) is 5.32 Å². The second kappa shape index (κ2) is 10.2. The number of amides is 1. The summed E-state index contributed by atoms with van der Waals surface area (Å²) >= 11 is 0. The first-order valence-electron chi connectivity index (χ1n) is 9.96. The second-order valence-corrected chi connectivity index (χ2v) is 9.01. The highest BCUT2D eigenvalue weighted by molar-refractivity contribution is 7.92. The molecule has 1 N–H and O–H groups in total. The number of nitrogens with zero attached hydrogens (tertiary/aromatic N) is 1. The number of carbonyl (C=O) groups is 1. The zero-order valence-electron chi connectivity index (χ0n) is 18.2. The molecule has 0 unspecified atom stereocenters. The number of methoxy groups -OCH3 is 2. The Labute approximate surface area is 188 Å². The van der Waals surface area contributed by atoms with Crippen LogP contribution in [0.25, 0.3) is 0 Å². The molecule has 0 aliphatic heterocycles. The van der Waals surface area contributed by atoms with Crippen molar-refractivity contribution in [1.29, 1.82) is 0 Å². The zero-order chi connectivity index (χ0) is 23.1. The van der Waals surface area contributed by atoms with Crippen molar-refractivity contribution in [3.05, 3.63) is 83.9 Å². The number of hydrogen-bond donors (Lipinski definition) is 1. The lowest BCUT2D eigenvalue weighted by molar-refractivity contribution is -0.119. The smallest absolute Gasteiger partial charge is 0.264 e. The van der Waals surface area contributed by atoms with Gasteiger partial charge in [-0.1, -0.05) is 29.8 Å². The van der Waals surface area contributed by atoms with Crippen molar-refractivity contribution in [3.63, 3.8) is 0 Å². The molecular formula is C24H26N2O5S. The van der Waals surface area contributed by atoms with Crippen LogP contribution in [0.15, 0.2) is 77.7 Å². The number of rotatable bonds is 9.